The molecule has 0 saturated heterocycles. The SMILES string of the molecule is CC(=O)Nc1cc(Cl)ccc1NC(=O)[C@@H]1CCC[C@@H]1CN.Cl. The number of benzene rings is 1. The Morgan fingerprint density at radius 1 is 1.27 bits per heavy atom. The third-order valence-corrected chi connectivity index (χ3v) is 4.08. The Bertz CT molecular complexity index is 552. The average Bonchev–Trinajstić information content (AvgIpc) is 2.89. The van der Waals surface area contributed by atoms with Crippen molar-refractivity contribution in [1.82, 2.24) is 0 Å². The molecule has 1 aromatic rings. The molecule has 2 amide bonds. The van der Waals surface area contributed by atoms with Crippen molar-refractivity contribution in [3.05, 3.63) is 23.2 Å². The molecule has 0 bridgehead atoms. The van der Waals surface area contributed by atoms with E-state index in [1.165, 1.54) is 6.92 Å². The largest absolute Gasteiger partial charge is 0.330 e. The fraction of sp³-hybridized carbons (Fsp3) is 0.467. The number of carbonyl (C=O) groups excluding carboxylic acids is 2. The Morgan fingerprint density at radius 2 is 2.00 bits per heavy atom. The van der Waals surface area contributed by atoms with E-state index in [1.54, 1.807) is 18.2 Å². The standard InChI is InChI=1S/C15H20ClN3O2.ClH/c1-9(20)18-14-7-11(16)5-6-13(14)19-15(21)12-4-2-3-10(12)8-17;/h5-7,10,12H,2-4,8,17H2,1H3,(H,18,20)(H,19,21);1H/t10-,12-;/m1./s1. The smallest absolute Gasteiger partial charge is 0.227 e. The number of carbonyl (C=O) groups is 2. The molecule has 2 atom stereocenters. The molecule has 4 N–H and O–H groups in total. The van der Waals surface area contributed by atoms with E-state index in [-0.39, 0.29) is 36.1 Å². The van der Waals surface area contributed by atoms with E-state index in [4.69, 9.17) is 17.3 Å². The quantitative estimate of drug-likeness (QED) is 0.783. The molecule has 5 nitrogen and oxygen atoms in total. The summed E-state index contributed by atoms with van der Waals surface area (Å²) in [6.45, 7) is 1.94. The van der Waals surface area contributed by atoms with Gasteiger partial charge in [-0.25, -0.2) is 0 Å². The lowest BCUT2D eigenvalue weighted by Gasteiger charge is -2.19. The number of amides is 2. The molecule has 0 heterocycles. The molecule has 1 aromatic carbocycles. The molecule has 0 aliphatic heterocycles. The highest BCUT2D eigenvalue weighted by Crippen LogP contribution is 2.33. The van der Waals surface area contributed by atoms with Crippen molar-refractivity contribution < 1.29 is 9.59 Å². The molecule has 1 saturated carbocycles. The van der Waals surface area contributed by atoms with Gasteiger partial charge in [0.1, 0.15) is 0 Å². The van der Waals surface area contributed by atoms with Crippen LogP contribution in [0, 0.1) is 11.8 Å². The summed E-state index contributed by atoms with van der Waals surface area (Å²) in [6.07, 6.45) is 2.88. The molecule has 0 spiro atoms. The van der Waals surface area contributed by atoms with Gasteiger partial charge in [0.05, 0.1) is 11.4 Å². The van der Waals surface area contributed by atoms with E-state index in [0.29, 0.717) is 22.9 Å². The number of hydrogen-bond donors (Lipinski definition) is 3. The topological polar surface area (TPSA) is 84.2 Å². The first-order chi connectivity index (χ1) is 10.0. The van der Waals surface area contributed by atoms with E-state index in [0.717, 1.165) is 19.3 Å². The Balaban J connectivity index is 0.00000242. The second-order valence-corrected chi connectivity index (χ2v) is 5.83. The third kappa shape index (κ3) is 4.60. The lowest BCUT2D eigenvalue weighted by molar-refractivity contribution is -0.120. The monoisotopic (exact) mass is 345 g/mol. The molecule has 122 valence electrons. The van der Waals surface area contributed by atoms with Crippen molar-refractivity contribution in [3.8, 4) is 0 Å². The summed E-state index contributed by atoms with van der Waals surface area (Å²) in [5, 5.41) is 6.05. The van der Waals surface area contributed by atoms with Crippen LogP contribution < -0.4 is 16.4 Å². The molecule has 1 aliphatic carbocycles. The van der Waals surface area contributed by atoms with Gasteiger partial charge in [-0.15, -0.1) is 12.4 Å². The number of hydrogen-bond acceptors (Lipinski definition) is 3. The molecular formula is C15H21Cl2N3O2. The number of rotatable bonds is 4. The van der Waals surface area contributed by atoms with Crippen LogP contribution in [0.15, 0.2) is 18.2 Å². The number of nitrogens with two attached hydrogens (primary N) is 1. The van der Waals surface area contributed by atoms with Gasteiger partial charge in [0.2, 0.25) is 11.8 Å². The zero-order valence-electron chi connectivity index (χ0n) is 12.4. The summed E-state index contributed by atoms with van der Waals surface area (Å²) in [5.74, 6) is -0.0808. The molecular weight excluding hydrogens is 325 g/mol. The van der Waals surface area contributed by atoms with E-state index in [1.807, 2.05) is 0 Å². The van der Waals surface area contributed by atoms with Gasteiger partial charge in [-0.2, -0.15) is 0 Å². The van der Waals surface area contributed by atoms with Crippen LogP contribution in [0.4, 0.5) is 11.4 Å². The van der Waals surface area contributed by atoms with Crippen molar-refractivity contribution in [2.75, 3.05) is 17.2 Å². The molecule has 7 heteroatoms. The van der Waals surface area contributed by atoms with Crippen molar-refractivity contribution in [2.45, 2.75) is 26.2 Å². The molecule has 0 aromatic heterocycles. The minimum Gasteiger partial charge on any atom is -0.330 e. The molecule has 0 unspecified atom stereocenters. The number of halogens is 2. The highest BCUT2D eigenvalue weighted by molar-refractivity contribution is 6.31. The van der Waals surface area contributed by atoms with Crippen molar-refractivity contribution in [2.24, 2.45) is 17.6 Å². The maximum atomic E-state index is 12.4. The summed E-state index contributed by atoms with van der Waals surface area (Å²) in [5.41, 5.74) is 6.78. The van der Waals surface area contributed by atoms with Crippen LogP contribution in [0.3, 0.4) is 0 Å². The van der Waals surface area contributed by atoms with Crippen LogP contribution in [0.25, 0.3) is 0 Å². The van der Waals surface area contributed by atoms with Gasteiger partial charge in [-0.1, -0.05) is 18.0 Å². The van der Waals surface area contributed by atoms with Crippen LogP contribution in [0.5, 0.6) is 0 Å². The van der Waals surface area contributed by atoms with Gasteiger partial charge in [0.25, 0.3) is 0 Å². The van der Waals surface area contributed by atoms with Gasteiger partial charge < -0.3 is 16.4 Å². The molecule has 1 fully saturated rings. The number of anilines is 2. The van der Waals surface area contributed by atoms with Gasteiger partial charge in [0.15, 0.2) is 0 Å². The zero-order valence-corrected chi connectivity index (χ0v) is 14.0. The fourth-order valence-corrected chi connectivity index (χ4v) is 2.98. The molecule has 22 heavy (non-hydrogen) atoms. The normalized spacial score (nSPS) is 20.1. The first kappa shape index (κ1) is 18.7. The first-order valence-corrected chi connectivity index (χ1v) is 7.47. The summed E-state index contributed by atoms with van der Waals surface area (Å²) >= 11 is 5.93. The van der Waals surface area contributed by atoms with Crippen molar-refractivity contribution in [3.63, 3.8) is 0 Å². The maximum absolute atomic E-state index is 12.4. The predicted molar refractivity (Wildman–Crippen MR) is 91.5 cm³/mol. The minimum absolute atomic E-state index is 0. The Hall–Kier alpha value is -1.30. The Morgan fingerprint density at radius 3 is 2.64 bits per heavy atom. The van der Waals surface area contributed by atoms with Crippen LogP contribution in [0.1, 0.15) is 26.2 Å². The predicted octanol–water partition coefficient (Wildman–Crippen LogP) is 3.03. The van der Waals surface area contributed by atoms with Crippen molar-refractivity contribution in [1.29, 1.82) is 0 Å². The second kappa shape index (κ2) is 8.36. The van der Waals surface area contributed by atoms with Gasteiger partial charge in [-0.3, -0.25) is 9.59 Å². The summed E-state index contributed by atoms with van der Waals surface area (Å²) in [7, 11) is 0. The second-order valence-electron chi connectivity index (χ2n) is 5.39. The summed E-state index contributed by atoms with van der Waals surface area (Å²) in [6, 6.07) is 4.99. The maximum Gasteiger partial charge on any atom is 0.227 e. The summed E-state index contributed by atoms with van der Waals surface area (Å²) < 4.78 is 0. The first-order valence-electron chi connectivity index (χ1n) is 7.09. The van der Waals surface area contributed by atoms with E-state index >= 15 is 0 Å². The fourth-order valence-electron chi connectivity index (χ4n) is 2.81. The van der Waals surface area contributed by atoms with Crippen LogP contribution in [0.2, 0.25) is 5.02 Å². The van der Waals surface area contributed by atoms with E-state index in [2.05, 4.69) is 10.6 Å². The molecule has 1 aliphatic rings. The average molecular weight is 346 g/mol. The van der Waals surface area contributed by atoms with Gasteiger partial charge >= 0.3 is 0 Å². The van der Waals surface area contributed by atoms with Crippen molar-refractivity contribution >= 4 is 47.2 Å². The van der Waals surface area contributed by atoms with Gasteiger partial charge in [0, 0.05) is 17.9 Å². The van der Waals surface area contributed by atoms with E-state index in [9.17, 15) is 9.59 Å². The van der Waals surface area contributed by atoms with Crippen LogP contribution >= 0.6 is 24.0 Å². The zero-order chi connectivity index (χ0) is 15.4. The highest BCUT2D eigenvalue weighted by Gasteiger charge is 2.32. The highest BCUT2D eigenvalue weighted by atomic mass is 35.5. The Kier molecular flexibility index (Phi) is 7.13. The molecule has 0 radical (unpaired) electrons. The third-order valence-electron chi connectivity index (χ3n) is 3.85. The lowest BCUT2D eigenvalue weighted by Crippen LogP contribution is -2.30. The van der Waals surface area contributed by atoms with Crippen LogP contribution in [-0.2, 0) is 9.59 Å². The lowest BCUT2D eigenvalue weighted by atomic mass is 9.95. The number of nitrogens with one attached hydrogen (secondary N) is 2. The minimum atomic E-state index is -0.214. The Labute approximate surface area is 141 Å². The van der Waals surface area contributed by atoms with Crippen LogP contribution in [-0.4, -0.2) is 18.4 Å². The van der Waals surface area contributed by atoms with E-state index < -0.39 is 0 Å². The molecule has 2 rings (SSSR count). The summed E-state index contributed by atoms with van der Waals surface area (Å²) in [4.78, 5) is 23.6. The van der Waals surface area contributed by atoms with Gasteiger partial charge in [-0.05, 0) is 43.5 Å².